The maximum absolute atomic E-state index is 12.9. The Balaban J connectivity index is 3.21. The zero-order valence-electron chi connectivity index (χ0n) is 6.57. The smallest absolute Gasteiger partial charge is 0.407 e. The van der Waals surface area contributed by atoms with Crippen molar-refractivity contribution in [2.24, 2.45) is 0 Å². The van der Waals surface area contributed by atoms with Crippen LogP contribution in [0.15, 0.2) is 18.2 Å². The van der Waals surface area contributed by atoms with Crippen LogP contribution >= 0.6 is 11.6 Å². The lowest BCUT2D eigenvalue weighted by atomic mass is 10.3. The van der Waals surface area contributed by atoms with Gasteiger partial charge in [-0.15, -0.1) is 0 Å². The van der Waals surface area contributed by atoms with Crippen molar-refractivity contribution < 1.29 is 18.8 Å². The van der Waals surface area contributed by atoms with Crippen LogP contribution in [0.2, 0.25) is 0 Å². The fourth-order valence-corrected chi connectivity index (χ4v) is 0.925. The van der Waals surface area contributed by atoms with Crippen molar-refractivity contribution >= 4 is 22.7 Å². The van der Waals surface area contributed by atoms with E-state index in [4.69, 9.17) is 11.6 Å². The van der Waals surface area contributed by atoms with Crippen LogP contribution in [0.5, 0.6) is 5.75 Å². The summed E-state index contributed by atoms with van der Waals surface area (Å²) >= 11 is 4.84. The summed E-state index contributed by atoms with van der Waals surface area (Å²) in [6.45, 7) is 0. The van der Waals surface area contributed by atoms with Gasteiger partial charge in [0.25, 0.3) is 0 Å². The summed E-state index contributed by atoms with van der Waals surface area (Å²) in [5.41, 5.74) is -2.18. The third-order valence-electron chi connectivity index (χ3n) is 1.32. The van der Waals surface area contributed by atoms with Gasteiger partial charge in [0.15, 0.2) is 0 Å². The number of rotatable bonds is 2. The predicted octanol–water partition coefficient (Wildman–Crippen LogP) is 2.47. The molecule has 14 heavy (non-hydrogen) atoms. The van der Waals surface area contributed by atoms with Crippen LogP contribution in [0.4, 0.5) is 14.9 Å². The zero-order valence-corrected chi connectivity index (χ0v) is 7.32. The molecular formula is C7H3ClFNO4. The molecule has 0 N–H and O–H groups in total. The summed E-state index contributed by atoms with van der Waals surface area (Å²) in [5, 5.41) is 10.4. The Hall–Kier alpha value is -1.69. The van der Waals surface area contributed by atoms with Gasteiger partial charge in [0.2, 0.25) is 11.6 Å². The molecule has 0 aliphatic carbocycles. The molecule has 1 rings (SSSR count). The minimum Gasteiger partial charge on any atom is -0.407 e. The second-order valence-electron chi connectivity index (χ2n) is 2.18. The molecule has 0 heterocycles. The first-order chi connectivity index (χ1) is 6.52. The van der Waals surface area contributed by atoms with E-state index in [9.17, 15) is 19.3 Å². The minimum absolute atomic E-state index is 0.519. The standard InChI is InChI=1S/C7H3ClFNO4/c8-7(11)14-5-3-1-2-4(9)6(5)10(12)13/h1-3H. The molecule has 0 unspecified atom stereocenters. The topological polar surface area (TPSA) is 69.4 Å². The highest BCUT2D eigenvalue weighted by atomic mass is 35.5. The second kappa shape index (κ2) is 4.01. The average Bonchev–Trinajstić information content (AvgIpc) is 2.01. The summed E-state index contributed by atoms with van der Waals surface area (Å²) in [6, 6.07) is 3.11. The number of hydrogen-bond donors (Lipinski definition) is 0. The maximum Gasteiger partial charge on any atom is 0.409 e. The van der Waals surface area contributed by atoms with Crippen LogP contribution in [0.3, 0.4) is 0 Å². The number of benzene rings is 1. The molecule has 0 bridgehead atoms. The molecule has 5 nitrogen and oxygen atoms in total. The van der Waals surface area contributed by atoms with Crippen LogP contribution < -0.4 is 4.74 Å². The molecule has 0 aliphatic heterocycles. The molecule has 0 saturated carbocycles. The van der Waals surface area contributed by atoms with E-state index in [1.54, 1.807) is 0 Å². The number of hydrogen-bond acceptors (Lipinski definition) is 4. The normalized spacial score (nSPS) is 9.57. The summed E-state index contributed by atoms with van der Waals surface area (Å²) < 4.78 is 17.1. The van der Waals surface area contributed by atoms with E-state index >= 15 is 0 Å². The number of nitro benzene ring substituents is 1. The fourth-order valence-electron chi connectivity index (χ4n) is 0.842. The van der Waals surface area contributed by atoms with E-state index in [0.29, 0.717) is 0 Å². The van der Waals surface area contributed by atoms with Crippen LogP contribution in [-0.4, -0.2) is 10.4 Å². The number of carbonyl (C=O) groups is 1. The summed E-state index contributed by atoms with van der Waals surface area (Å²) in [6.07, 6.45) is 0. The Morgan fingerprint density at radius 3 is 2.71 bits per heavy atom. The van der Waals surface area contributed by atoms with Gasteiger partial charge >= 0.3 is 11.1 Å². The highest BCUT2D eigenvalue weighted by molar-refractivity contribution is 6.61. The Morgan fingerprint density at radius 2 is 2.21 bits per heavy atom. The fraction of sp³-hybridized carbons (Fsp3) is 0. The van der Waals surface area contributed by atoms with E-state index < -0.39 is 27.6 Å². The van der Waals surface area contributed by atoms with Crippen molar-refractivity contribution in [2.45, 2.75) is 0 Å². The maximum atomic E-state index is 12.9. The number of nitro groups is 1. The lowest BCUT2D eigenvalue weighted by Gasteiger charge is -2.00. The molecule has 1 aromatic rings. The monoisotopic (exact) mass is 219 g/mol. The van der Waals surface area contributed by atoms with E-state index in [1.807, 2.05) is 0 Å². The third-order valence-corrected chi connectivity index (χ3v) is 1.40. The van der Waals surface area contributed by atoms with Gasteiger partial charge < -0.3 is 4.74 Å². The number of halogens is 2. The van der Waals surface area contributed by atoms with Crippen molar-refractivity contribution in [3.8, 4) is 5.75 Å². The minimum atomic E-state index is -1.27. The van der Waals surface area contributed by atoms with Gasteiger partial charge in [0.05, 0.1) is 4.92 Å². The van der Waals surface area contributed by atoms with Crippen molar-refractivity contribution in [3.05, 3.63) is 34.1 Å². The second-order valence-corrected chi connectivity index (χ2v) is 2.49. The Morgan fingerprint density at radius 1 is 1.57 bits per heavy atom. The van der Waals surface area contributed by atoms with Crippen molar-refractivity contribution in [1.29, 1.82) is 0 Å². The number of nitrogens with zero attached hydrogens (tertiary/aromatic N) is 1. The van der Waals surface area contributed by atoms with Gasteiger partial charge in [0, 0.05) is 11.6 Å². The van der Waals surface area contributed by atoms with E-state index in [-0.39, 0.29) is 0 Å². The molecule has 0 saturated heterocycles. The molecule has 0 amide bonds. The molecular weight excluding hydrogens is 217 g/mol. The van der Waals surface area contributed by atoms with Crippen LogP contribution in [0.25, 0.3) is 0 Å². The van der Waals surface area contributed by atoms with E-state index in [0.717, 1.165) is 18.2 Å². The molecule has 0 fully saturated rings. The first kappa shape index (κ1) is 10.4. The summed E-state index contributed by atoms with van der Waals surface area (Å²) in [7, 11) is 0. The first-order valence-electron chi connectivity index (χ1n) is 3.32. The van der Waals surface area contributed by atoms with Gasteiger partial charge in [-0.05, 0) is 12.1 Å². The predicted molar refractivity (Wildman–Crippen MR) is 44.9 cm³/mol. The molecule has 74 valence electrons. The van der Waals surface area contributed by atoms with Crippen LogP contribution in [-0.2, 0) is 0 Å². The Labute approximate surface area is 82.2 Å². The van der Waals surface area contributed by atoms with E-state index in [2.05, 4.69) is 4.74 Å². The largest absolute Gasteiger partial charge is 0.409 e. The third kappa shape index (κ3) is 2.17. The molecule has 0 radical (unpaired) electrons. The number of para-hydroxylation sites is 1. The van der Waals surface area contributed by atoms with Crippen molar-refractivity contribution in [2.75, 3.05) is 0 Å². The molecule has 0 aliphatic rings. The quantitative estimate of drug-likeness (QED) is 0.435. The van der Waals surface area contributed by atoms with Gasteiger partial charge in [0.1, 0.15) is 0 Å². The molecule has 0 aromatic heterocycles. The highest BCUT2D eigenvalue weighted by Gasteiger charge is 2.22. The molecule has 7 heteroatoms. The first-order valence-corrected chi connectivity index (χ1v) is 3.70. The lowest BCUT2D eigenvalue weighted by Crippen LogP contribution is -2.01. The zero-order chi connectivity index (χ0) is 10.7. The van der Waals surface area contributed by atoms with Gasteiger partial charge in [-0.1, -0.05) is 6.07 Å². The lowest BCUT2D eigenvalue weighted by molar-refractivity contribution is -0.388. The Bertz CT molecular complexity index is 395. The van der Waals surface area contributed by atoms with Gasteiger partial charge in [-0.2, -0.15) is 4.39 Å². The highest BCUT2D eigenvalue weighted by Crippen LogP contribution is 2.29. The summed E-state index contributed by atoms with van der Waals surface area (Å²) in [4.78, 5) is 19.7. The number of ether oxygens (including phenoxy) is 1. The van der Waals surface area contributed by atoms with Gasteiger partial charge in [-0.3, -0.25) is 10.1 Å². The molecule has 1 aromatic carbocycles. The van der Waals surface area contributed by atoms with Crippen molar-refractivity contribution in [3.63, 3.8) is 0 Å². The SMILES string of the molecule is O=C(Cl)Oc1cccc(F)c1[N+](=O)[O-]. The van der Waals surface area contributed by atoms with Crippen molar-refractivity contribution in [1.82, 2.24) is 0 Å². The number of carbonyl (C=O) groups excluding carboxylic acids is 1. The molecule has 0 atom stereocenters. The summed E-state index contributed by atoms with van der Waals surface area (Å²) in [5.74, 6) is -1.61. The van der Waals surface area contributed by atoms with Gasteiger partial charge in [-0.25, -0.2) is 4.79 Å². The Kier molecular flexibility index (Phi) is 2.98. The van der Waals surface area contributed by atoms with Crippen LogP contribution in [0.1, 0.15) is 0 Å². The van der Waals surface area contributed by atoms with Crippen LogP contribution in [0, 0.1) is 15.9 Å². The van der Waals surface area contributed by atoms with E-state index in [1.165, 1.54) is 0 Å². The molecule has 0 spiro atoms. The average molecular weight is 220 g/mol.